The molecule has 0 radical (unpaired) electrons. The molecule has 7 heteroatoms. The summed E-state index contributed by atoms with van der Waals surface area (Å²) in [7, 11) is 0. The van der Waals surface area contributed by atoms with Crippen molar-refractivity contribution < 1.29 is 19.1 Å². The summed E-state index contributed by atoms with van der Waals surface area (Å²) in [5.41, 5.74) is 1.49. The Kier molecular flexibility index (Phi) is 6.19. The number of benzene rings is 2. The summed E-state index contributed by atoms with van der Waals surface area (Å²) in [6, 6.07) is 12.1. The molecule has 0 aromatic heterocycles. The smallest absolute Gasteiger partial charge is 0.251 e. The van der Waals surface area contributed by atoms with Crippen molar-refractivity contribution in [2.24, 2.45) is 0 Å². The average molecular weight is 389 g/mol. The first-order valence-corrected chi connectivity index (χ1v) is 9.13. The molecule has 2 aromatic rings. The fraction of sp³-hybridized carbons (Fsp3) is 0.300. The van der Waals surface area contributed by atoms with Crippen LogP contribution in [0.1, 0.15) is 41.7 Å². The zero-order valence-corrected chi connectivity index (χ0v) is 15.7. The van der Waals surface area contributed by atoms with E-state index in [1.807, 2.05) is 25.1 Å². The van der Waals surface area contributed by atoms with Crippen LogP contribution < -0.4 is 20.1 Å². The maximum atomic E-state index is 12.1. The molecule has 2 amide bonds. The van der Waals surface area contributed by atoms with Crippen molar-refractivity contribution in [3.8, 4) is 11.5 Å². The molecular weight excluding hydrogens is 368 g/mol. The number of amides is 2. The molecule has 0 aliphatic carbocycles. The normalized spacial score (nSPS) is 13.1. The summed E-state index contributed by atoms with van der Waals surface area (Å²) in [6.45, 7) is 2.56. The van der Waals surface area contributed by atoms with Crippen molar-refractivity contribution in [3.05, 3.63) is 58.6 Å². The number of hydrogen-bond donors (Lipinski definition) is 2. The van der Waals surface area contributed by atoms with Crippen LogP contribution in [0.3, 0.4) is 0 Å². The number of rotatable bonds is 7. The van der Waals surface area contributed by atoms with Crippen LogP contribution in [0, 0.1) is 0 Å². The van der Waals surface area contributed by atoms with Gasteiger partial charge < -0.3 is 20.1 Å². The van der Waals surface area contributed by atoms with Crippen LogP contribution in [-0.2, 0) is 4.79 Å². The molecule has 0 saturated carbocycles. The Balaban J connectivity index is 1.39. The molecule has 1 heterocycles. The SMILES string of the molecule is CC(NC(=O)CCCNC(=O)c1ccc(Cl)cc1)c1ccc2c(c1)OCO2. The second-order valence-electron chi connectivity index (χ2n) is 6.27. The third-order valence-corrected chi connectivity index (χ3v) is 4.50. The van der Waals surface area contributed by atoms with Crippen LogP contribution in [0.2, 0.25) is 5.02 Å². The lowest BCUT2D eigenvalue weighted by molar-refractivity contribution is -0.121. The summed E-state index contributed by atoms with van der Waals surface area (Å²) in [5.74, 6) is 1.16. The van der Waals surface area contributed by atoms with Crippen LogP contribution >= 0.6 is 11.6 Å². The lowest BCUT2D eigenvalue weighted by atomic mass is 10.1. The van der Waals surface area contributed by atoms with Crippen molar-refractivity contribution in [2.75, 3.05) is 13.3 Å². The largest absolute Gasteiger partial charge is 0.454 e. The zero-order chi connectivity index (χ0) is 19.2. The van der Waals surface area contributed by atoms with E-state index in [4.69, 9.17) is 21.1 Å². The monoisotopic (exact) mass is 388 g/mol. The fourth-order valence-electron chi connectivity index (χ4n) is 2.73. The lowest BCUT2D eigenvalue weighted by Gasteiger charge is -2.15. The Morgan fingerprint density at radius 1 is 1.11 bits per heavy atom. The van der Waals surface area contributed by atoms with Crippen LogP contribution in [-0.4, -0.2) is 25.2 Å². The van der Waals surface area contributed by atoms with Gasteiger partial charge in [0.05, 0.1) is 6.04 Å². The van der Waals surface area contributed by atoms with Gasteiger partial charge >= 0.3 is 0 Å². The number of carbonyl (C=O) groups is 2. The standard InChI is InChI=1S/C20H21ClN2O4/c1-13(15-6-9-17-18(11-15)27-12-26-17)23-19(24)3-2-10-22-20(25)14-4-7-16(21)8-5-14/h4-9,11,13H,2-3,10,12H2,1H3,(H,22,25)(H,23,24). The van der Waals surface area contributed by atoms with Gasteiger partial charge in [0.2, 0.25) is 12.7 Å². The summed E-state index contributed by atoms with van der Waals surface area (Å²) in [5, 5.41) is 6.33. The highest BCUT2D eigenvalue weighted by Gasteiger charge is 2.16. The van der Waals surface area contributed by atoms with E-state index in [0.717, 1.165) is 5.56 Å². The summed E-state index contributed by atoms with van der Waals surface area (Å²) >= 11 is 5.80. The van der Waals surface area contributed by atoms with Crippen molar-refractivity contribution in [1.82, 2.24) is 10.6 Å². The molecule has 1 aliphatic rings. The van der Waals surface area contributed by atoms with Gasteiger partial charge in [-0.1, -0.05) is 17.7 Å². The highest BCUT2D eigenvalue weighted by molar-refractivity contribution is 6.30. The van der Waals surface area contributed by atoms with Crippen LogP contribution in [0.5, 0.6) is 11.5 Å². The van der Waals surface area contributed by atoms with E-state index in [9.17, 15) is 9.59 Å². The molecule has 6 nitrogen and oxygen atoms in total. The first-order valence-electron chi connectivity index (χ1n) is 8.75. The number of nitrogens with one attached hydrogen (secondary N) is 2. The minimum Gasteiger partial charge on any atom is -0.454 e. The minimum absolute atomic E-state index is 0.0686. The molecule has 1 atom stereocenters. The van der Waals surface area contributed by atoms with Gasteiger partial charge in [0, 0.05) is 23.6 Å². The summed E-state index contributed by atoms with van der Waals surface area (Å²) < 4.78 is 10.6. The zero-order valence-electron chi connectivity index (χ0n) is 15.0. The Hall–Kier alpha value is -2.73. The third-order valence-electron chi connectivity index (χ3n) is 4.25. The van der Waals surface area contributed by atoms with E-state index < -0.39 is 0 Å². The number of halogens is 1. The predicted octanol–water partition coefficient (Wildman–Crippen LogP) is 3.46. The van der Waals surface area contributed by atoms with E-state index in [1.54, 1.807) is 24.3 Å². The van der Waals surface area contributed by atoms with Crippen LogP contribution in [0.4, 0.5) is 0 Å². The predicted molar refractivity (Wildman–Crippen MR) is 102 cm³/mol. The number of fused-ring (bicyclic) bond motifs is 1. The Morgan fingerprint density at radius 3 is 2.63 bits per heavy atom. The van der Waals surface area contributed by atoms with Gasteiger partial charge in [0.1, 0.15) is 0 Å². The third kappa shape index (κ3) is 5.14. The molecule has 2 N–H and O–H groups in total. The van der Waals surface area contributed by atoms with Crippen LogP contribution in [0.15, 0.2) is 42.5 Å². The van der Waals surface area contributed by atoms with E-state index in [-0.39, 0.29) is 24.6 Å². The maximum absolute atomic E-state index is 12.1. The lowest BCUT2D eigenvalue weighted by Crippen LogP contribution is -2.29. The van der Waals surface area contributed by atoms with Crippen molar-refractivity contribution >= 4 is 23.4 Å². The van der Waals surface area contributed by atoms with Crippen molar-refractivity contribution in [1.29, 1.82) is 0 Å². The molecule has 0 fully saturated rings. The first-order chi connectivity index (χ1) is 13.0. The molecule has 1 unspecified atom stereocenters. The maximum Gasteiger partial charge on any atom is 0.251 e. The van der Waals surface area contributed by atoms with Gasteiger partial charge in [-0.3, -0.25) is 9.59 Å². The summed E-state index contributed by atoms with van der Waals surface area (Å²) in [6.07, 6.45) is 0.884. The number of hydrogen-bond acceptors (Lipinski definition) is 4. The van der Waals surface area contributed by atoms with Gasteiger partial charge in [-0.15, -0.1) is 0 Å². The van der Waals surface area contributed by atoms with Crippen molar-refractivity contribution in [3.63, 3.8) is 0 Å². The van der Waals surface area contributed by atoms with Gasteiger partial charge in [0.15, 0.2) is 11.5 Å². The molecule has 0 spiro atoms. The Labute approximate surface area is 162 Å². The molecule has 3 rings (SSSR count). The number of ether oxygens (including phenoxy) is 2. The second-order valence-corrected chi connectivity index (χ2v) is 6.70. The van der Waals surface area contributed by atoms with E-state index >= 15 is 0 Å². The number of carbonyl (C=O) groups excluding carboxylic acids is 2. The Morgan fingerprint density at radius 2 is 1.85 bits per heavy atom. The minimum atomic E-state index is -0.180. The van der Waals surface area contributed by atoms with Gasteiger partial charge in [-0.2, -0.15) is 0 Å². The molecule has 0 saturated heterocycles. The molecular formula is C20H21ClN2O4. The highest BCUT2D eigenvalue weighted by atomic mass is 35.5. The molecule has 0 bridgehead atoms. The van der Waals surface area contributed by atoms with Gasteiger partial charge in [-0.05, 0) is 55.3 Å². The van der Waals surface area contributed by atoms with E-state index in [2.05, 4.69) is 10.6 Å². The molecule has 2 aromatic carbocycles. The van der Waals surface area contributed by atoms with E-state index in [0.29, 0.717) is 41.5 Å². The van der Waals surface area contributed by atoms with Gasteiger partial charge in [0.25, 0.3) is 5.91 Å². The fourth-order valence-corrected chi connectivity index (χ4v) is 2.86. The topological polar surface area (TPSA) is 76.7 Å². The summed E-state index contributed by atoms with van der Waals surface area (Å²) in [4.78, 5) is 24.1. The molecule has 27 heavy (non-hydrogen) atoms. The average Bonchev–Trinajstić information content (AvgIpc) is 3.13. The van der Waals surface area contributed by atoms with Crippen LogP contribution in [0.25, 0.3) is 0 Å². The van der Waals surface area contributed by atoms with Gasteiger partial charge in [-0.25, -0.2) is 0 Å². The Bertz CT molecular complexity index is 823. The molecule has 1 aliphatic heterocycles. The van der Waals surface area contributed by atoms with E-state index in [1.165, 1.54) is 0 Å². The first kappa shape index (κ1) is 19.0. The molecule has 142 valence electrons. The quantitative estimate of drug-likeness (QED) is 0.712. The highest BCUT2D eigenvalue weighted by Crippen LogP contribution is 2.34. The van der Waals surface area contributed by atoms with Crippen molar-refractivity contribution in [2.45, 2.75) is 25.8 Å². The second kappa shape index (κ2) is 8.77.